The van der Waals surface area contributed by atoms with E-state index < -0.39 is 6.10 Å². The van der Waals surface area contributed by atoms with Crippen LogP contribution < -0.4 is 14.8 Å². The van der Waals surface area contributed by atoms with E-state index in [9.17, 15) is 4.79 Å². The van der Waals surface area contributed by atoms with Gasteiger partial charge in [-0.15, -0.1) is 0 Å². The molecule has 3 rings (SSSR count). The van der Waals surface area contributed by atoms with Gasteiger partial charge in [0.15, 0.2) is 11.5 Å². The summed E-state index contributed by atoms with van der Waals surface area (Å²) in [5.41, 5.74) is 0. The third kappa shape index (κ3) is 2.75. The van der Waals surface area contributed by atoms with Crippen LogP contribution in [0.1, 0.15) is 0 Å². The number of nitrogens with one attached hydrogen (secondary N) is 1. The maximum atomic E-state index is 12.1. The Balaban J connectivity index is 1.68. The van der Waals surface area contributed by atoms with Crippen LogP contribution in [0, 0.1) is 0 Å². The van der Waals surface area contributed by atoms with Crippen LogP contribution in [0.4, 0.5) is 5.82 Å². The van der Waals surface area contributed by atoms with Gasteiger partial charge in [-0.3, -0.25) is 4.79 Å². The number of carbonyl (C=O) groups excluding carboxylic acids is 1. The number of amides is 1. The van der Waals surface area contributed by atoms with Gasteiger partial charge in [0.2, 0.25) is 6.10 Å². The Morgan fingerprint density at radius 1 is 1.25 bits per heavy atom. The minimum absolute atomic E-state index is 0.180. The van der Waals surface area contributed by atoms with Crippen LogP contribution in [-0.4, -0.2) is 23.6 Å². The molecule has 0 fully saturated rings. The third-order valence-electron chi connectivity index (χ3n) is 2.78. The number of nitrogens with zero attached hydrogens (tertiary/aromatic N) is 1. The smallest absolute Gasteiger partial charge is 0.270 e. The lowest BCUT2D eigenvalue weighted by atomic mass is 10.2. The number of benzene rings is 1. The van der Waals surface area contributed by atoms with Crippen molar-refractivity contribution in [3.63, 3.8) is 0 Å². The van der Waals surface area contributed by atoms with Gasteiger partial charge in [0, 0.05) is 10.7 Å². The summed E-state index contributed by atoms with van der Waals surface area (Å²) in [5.74, 6) is 1.41. The molecule has 20 heavy (non-hydrogen) atoms. The van der Waals surface area contributed by atoms with Crippen molar-refractivity contribution in [2.45, 2.75) is 6.10 Å². The van der Waals surface area contributed by atoms with E-state index in [1.807, 2.05) is 12.1 Å². The fourth-order valence-electron chi connectivity index (χ4n) is 1.81. The van der Waals surface area contributed by atoms with Gasteiger partial charge in [-0.05, 0) is 40.2 Å². The standard InChI is InChI=1S/C14H11BrN2O3/c15-9-5-6-13(16-7-9)17-14(18)12-8-19-10-3-1-2-4-11(10)20-12/h1-7,12H,8H2,(H,16,17,18). The Hall–Kier alpha value is -2.08. The number of pyridine rings is 1. The molecule has 2 heterocycles. The van der Waals surface area contributed by atoms with Crippen molar-refractivity contribution in [3.8, 4) is 11.5 Å². The Kier molecular flexibility index (Phi) is 3.56. The lowest BCUT2D eigenvalue weighted by Gasteiger charge is -2.25. The van der Waals surface area contributed by atoms with E-state index in [0.29, 0.717) is 17.3 Å². The molecule has 1 unspecified atom stereocenters. The fourth-order valence-corrected chi connectivity index (χ4v) is 2.04. The van der Waals surface area contributed by atoms with Crippen LogP contribution in [0.5, 0.6) is 11.5 Å². The quantitative estimate of drug-likeness (QED) is 0.917. The summed E-state index contributed by atoms with van der Waals surface area (Å²) in [5, 5.41) is 2.69. The van der Waals surface area contributed by atoms with Gasteiger partial charge < -0.3 is 14.8 Å². The molecular weight excluding hydrogens is 324 g/mol. The van der Waals surface area contributed by atoms with Gasteiger partial charge in [-0.1, -0.05) is 12.1 Å². The molecule has 0 spiro atoms. The van der Waals surface area contributed by atoms with Crippen molar-refractivity contribution in [2.75, 3.05) is 11.9 Å². The first kappa shape index (κ1) is 12.9. The molecule has 0 saturated carbocycles. The second-order valence-electron chi connectivity index (χ2n) is 4.22. The molecule has 1 aliphatic rings. The SMILES string of the molecule is O=C(Nc1ccc(Br)cn1)C1COc2ccccc2O1. The first-order valence-electron chi connectivity index (χ1n) is 6.03. The Morgan fingerprint density at radius 2 is 2.05 bits per heavy atom. The largest absolute Gasteiger partial charge is 0.485 e. The number of hydrogen-bond donors (Lipinski definition) is 1. The van der Waals surface area contributed by atoms with Gasteiger partial charge in [0.05, 0.1) is 0 Å². The summed E-state index contributed by atoms with van der Waals surface area (Å²) in [6.45, 7) is 0.180. The second kappa shape index (κ2) is 5.50. The van der Waals surface area contributed by atoms with E-state index in [4.69, 9.17) is 9.47 Å². The molecule has 1 aromatic heterocycles. The monoisotopic (exact) mass is 334 g/mol. The maximum absolute atomic E-state index is 12.1. The van der Waals surface area contributed by atoms with Crippen molar-refractivity contribution >= 4 is 27.7 Å². The van der Waals surface area contributed by atoms with E-state index in [1.165, 1.54) is 0 Å². The first-order valence-corrected chi connectivity index (χ1v) is 6.82. The number of carbonyl (C=O) groups is 1. The molecule has 5 nitrogen and oxygen atoms in total. The molecule has 0 aliphatic carbocycles. The lowest BCUT2D eigenvalue weighted by Crippen LogP contribution is -2.40. The zero-order valence-corrected chi connectivity index (χ0v) is 12.0. The Morgan fingerprint density at radius 3 is 2.80 bits per heavy atom. The second-order valence-corrected chi connectivity index (χ2v) is 5.13. The van der Waals surface area contributed by atoms with Gasteiger partial charge in [0.1, 0.15) is 12.4 Å². The topological polar surface area (TPSA) is 60.5 Å². The summed E-state index contributed by atoms with van der Waals surface area (Å²) in [4.78, 5) is 16.2. The Bertz CT molecular complexity index is 631. The zero-order chi connectivity index (χ0) is 13.9. The highest BCUT2D eigenvalue weighted by Crippen LogP contribution is 2.31. The highest BCUT2D eigenvalue weighted by molar-refractivity contribution is 9.10. The first-order chi connectivity index (χ1) is 9.72. The Labute approximate surface area is 124 Å². The molecule has 1 N–H and O–H groups in total. The van der Waals surface area contributed by atoms with Crippen molar-refractivity contribution in [3.05, 3.63) is 47.1 Å². The van der Waals surface area contributed by atoms with E-state index in [2.05, 4.69) is 26.2 Å². The highest BCUT2D eigenvalue weighted by atomic mass is 79.9. The number of para-hydroxylation sites is 2. The normalized spacial score (nSPS) is 16.6. The van der Waals surface area contributed by atoms with Gasteiger partial charge >= 0.3 is 0 Å². The molecule has 102 valence electrons. The van der Waals surface area contributed by atoms with Crippen LogP contribution in [0.15, 0.2) is 47.1 Å². The van der Waals surface area contributed by atoms with Crippen LogP contribution in [0.2, 0.25) is 0 Å². The molecular formula is C14H11BrN2O3. The van der Waals surface area contributed by atoms with E-state index in [1.54, 1.807) is 30.5 Å². The third-order valence-corrected chi connectivity index (χ3v) is 3.25. The molecule has 0 saturated heterocycles. The fraction of sp³-hybridized carbons (Fsp3) is 0.143. The summed E-state index contributed by atoms with van der Waals surface area (Å²) in [6, 6.07) is 10.8. The molecule has 2 aromatic rings. The molecule has 6 heteroatoms. The van der Waals surface area contributed by atoms with Gasteiger partial charge in [0.25, 0.3) is 5.91 Å². The van der Waals surface area contributed by atoms with Crippen molar-refractivity contribution in [2.24, 2.45) is 0 Å². The number of hydrogen-bond acceptors (Lipinski definition) is 4. The number of anilines is 1. The van der Waals surface area contributed by atoms with Crippen molar-refractivity contribution in [1.29, 1.82) is 0 Å². The predicted molar refractivity (Wildman–Crippen MR) is 76.9 cm³/mol. The molecule has 1 aliphatic heterocycles. The summed E-state index contributed by atoms with van der Waals surface area (Å²) in [7, 11) is 0. The van der Waals surface area contributed by atoms with Crippen LogP contribution in [-0.2, 0) is 4.79 Å². The average molecular weight is 335 g/mol. The summed E-state index contributed by atoms with van der Waals surface area (Å²) < 4.78 is 12.0. The number of aromatic nitrogens is 1. The number of ether oxygens (including phenoxy) is 2. The lowest BCUT2D eigenvalue weighted by molar-refractivity contribution is -0.125. The number of rotatable bonds is 2. The summed E-state index contributed by atoms with van der Waals surface area (Å²) >= 11 is 3.29. The maximum Gasteiger partial charge on any atom is 0.270 e. The molecule has 1 amide bonds. The molecule has 0 radical (unpaired) electrons. The zero-order valence-electron chi connectivity index (χ0n) is 10.4. The molecule has 1 atom stereocenters. The predicted octanol–water partition coefficient (Wildman–Crippen LogP) is 2.62. The van der Waals surface area contributed by atoms with Crippen molar-refractivity contribution < 1.29 is 14.3 Å². The average Bonchev–Trinajstić information content (AvgIpc) is 2.49. The molecule has 0 bridgehead atoms. The minimum Gasteiger partial charge on any atom is -0.485 e. The van der Waals surface area contributed by atoms with E-state index >= 15 is 0 Å². The number of halogens is 1. The molecule has 1 aromatic carbocycles. The number of fused-ring (bicyclic) bond motifs is 1. The van der Waals surface area contributed by atoms with Crippen LogP contribution >= 0.6 is 15.9 Å². The van der Waals surface area contributed by atoms with Gasteiger partial charge in [-0.25, -0.2) is 4.98 Å². The van der Waals surface area contributed by atoms with E-state index in [0.717, 1.165) is 4.47 Å². The minimum atomic E-state index is -0.685. The highest BCUT2D eigenvalue weighted by Gasteiger charge is 2.27. The van der Waals surface area contributed by atoms with E-state index in [-0.39, 0.29) is 12.5 Å². The van der Waals surface area contributed by atoms with Crippen LogP contribution in [0.3, 0.4) is 0 Å². The van der Waals surface area contributed by atoms with Crippen LogP contribution in [0.25, 0.3) is 0 Å². The van der Waals surface area contributed by atoms with Gasteiger partial charge in [-0.2, -0.15) is 0 Å². The van der Waals surface area contributed by atoms with Crippen molar-refractivity contribution in [1.82, 2.24) is 4.98 Å². The summed E-state index contributed by atoms with van der Waals surface area (Å²) in [6.07, 6.45) is 0.929.